The van der Waals surface area contributed by atoms with E-state index in [-0.39, 0.29) is 17.3 Å². The van der Waals surface area contributed by atoms with Gasteiger partial charge in [-0.3, -0.25) is 9.10 Å². The van der Waals surface area contributed by atoms with Gasteiger partial charge in [-0.2, -0.15) is 0 Å². The van der Waals surface area contributed by atoms with Crippen LogP contribution in [0.4, 0.5) is 5.69 Å². The second-order valence-electron chi connectivity index (χ2n) is 5.86. The highest BCUT2D eigenvalue weighted by atomic mass is 32.2. The molecule has 0 aliphatic rings. The van der Waals surface area contributed by atoms with Crippen LogP contribution in [0.15, 0.2) is 59.5 Å². The van der Waals surface area contributed by atoms with E-state index in [2.05, 4.69) is 5.32 Å². The van der Waals surface area contributed by atoms with Crippen molar-refractivity contribution in [3.8, 4) is 0 Å². The lowest BCUT2D eigenvalue weighted by Crippen LogP contribution is -2.41. The zero-order chi connectivity index (χ0) is 18.3. The molecule has 0 saturated heterocycles. The summed E-state index contributed by atoms with van der Waals surface area (Å²) in [4.78, 5) is 12.4. The van der Waals surface area contributed by atoms with E-state index in [4.69, 9.17) is 0 Å². The van der Waals surface area contributed by atoms with E-state index >= 15 is 0 Å². The van der Waals surface area contributed by atoms with Crippen molar-refractivity contribution < 1.29 is 13.2 Å². The molecule has 0 heterocycles. The quantitative estimate of drug-likeness (QED) is 0.736. The van der Waals surface area contributed by atoms with Crippen molar-refractivity contribution in [3.05, 3.63) is 60.2 Å². The highest BCUT2D eigenvalue weighted by Crippen LogP contribution is 2.23. The molecule has 5 nitrogen and oxygen atoms in total. The first kappa shape index (κ1) is 19.0. The average molecular weight is 360 g/mol. The van der Waals surface area contributed by atoms with Gasteiger partial charge in [0.1, 0.15) is 6.54 Å². The number of rotatable bonds is 8. The molecule has 134 valence electrons. The van der Waals surface area contributed by atoms with Crippen LogP contribution in [0.5, 0.6) is 0 Å². The molecule has 0 saturated carbocycles. The number of benzene rings is 2. The fourth-order valence-corrected chi connectivity index (χ4v) is 3.78. The second kappa shape index (κ2) is 8.67. The summed E-state index contributed by atoms with van der Waals surface area (Å²) in [6, 6.07) is 15.3. The van der Waals surface area contributed by atoms with Crippen LogP contribution in [0.1, 0.15) is 25.3 Å². The van der Waals surface area contributed by atoms with Gasteiger partial charge in [-0.1, -0.05) is 49.2 Å². The molecule has 0 bridgehead atoms. The maximum absolute atomic E-state index is 13.0. The van der Waals surface area contributed by atoms with Gasteiger partial charge in [0.05, 0.1) is 10.6 Å². The van der Waals surface area contributed by atoms with Crippen molar-refractivity contribution in [1.29, 1.82) is 0 Å². The molecular weight excluding hydrogens is 336 g/mol. The number of unbranched alkanes of at least 4 members (excludes halogenated alkanes) is 1. The van der Waals surface area contributed by atoms with Gasteiger partial charge in [0.15, 0.2) is 0 Å². The molecule has 2 aromatic carbocycles. The first-order valence-corrected chi connectivity index (χ1v) is 9.80. The standard InChI is InChI=1S/C19H24N2O3S/c1-3-4-14-20-19(22)15-21(17-12-10-16(2)11-13-17)25(23,24)18-8-6-5-7-9-18/h5-13H,3-4,14-15H2,1-2H3,(H,20,22). The number of hydrogen-bond acceptors (Lipinski definition) is 3. The van der Waals surface area contributed by atoms with E-state index in [1.807, 2.05) is 26.0 Å². The highest BCUT2D eigenvalue weighted by molar-refractivity contribution is 7.92. The monoisotopic (exact) mass is 360 g/mol. The predicted molar refractivity (Wildman–Crippen MR) is 100 cm³/mol. The van der Waals surface area contributed by atoms with Crippen LogP contribution in [0.25, 0.3) is 0 Å². The number of carbonyl (C=O) groups is 1. The molecule has 0 unspecified atom stereocenters. The zero-order valence-corrected chi connectivity index (χ0v) is 15.4. The summed E-state index contributed by atoms with van der Waals surface area (Å²) in [5.41, 5.74) is 1.49. The smallest absolute Gasteiger partial charge is 0.264 e. The molecule has 1 amide bonds. The Morgan fingerprint density at radius 2 is 1.68 bits per heavy atom. The lowest BCUT2D eigenvalue weighted by Gasteiger charge is -2.24. The SMILES string of the molecule is CCCCNC(=O)CN(c1ccc(C)cc1)S(=O)(=O)c1ccccc1. The average Bonchev–Trinajstić information content (AvgIpc) is 2.61. The molecule has 0 aliphatic heterocycles. The van der Waals surface area contributed by atoms with Crippen molar-refractivity contribution in [2.75, 3.05) is 17.4 Å². The van der Waals surface area contributed by atoms with Gasteiger partial charge >= 0.3 is 0 Å². The van der Waals surface area contributed by atoms with Crippen LogP contribution >= 0.6 is 0 Å². The molecule has 6 heteroatoms. The Labute approximate surface area is 149 Å². The minimum atomic E-state index is -3.82. The van der Waals surface area contributed by atoms with Gasteiger partial charge in [-0.25, -0.2) is 8.42 Å². The van der Waals surface area contributed by atoms with Crippen LogP contribution < -0.4 is 9.62 Å². The molecule has 0 aromatic heterocycles. The summed E-state index contributed by atoms with van der Waals surface area (Å²) in [6.07, 6.45) is 1.83. The van der Waals surface area contributed by atoms with Crippen LogP contribution in [-0.4, -0.2) is 27.4 Å². The zero-order valence-electron chi connectivity index (χ0n) is 14.6. The predicted octanol–water partition coefficient (Wildman–Crippen LogP) is 3.11. The van der Waals surface area contributed by atoms with E-state index in [1.165, 1.54) is 12.1 Å². The van der Waals surface area contributed by atoms with Gasteiger partial charge in [-0.15, -0.1) is 0 Å². The van der Waals surface area contributed by atoms with Crippen LogP contribution in [0.3, 0.4) is 0 Å². The first-order valence-electron chi connectivity index (χ1n) is 8.36. The molecule has 25 heavy (non-hydrogen) atoms. The number of nitrogens with zero attached hydrogens (tertiary/aromatic N) is 1. The van der Waals surface area contributed by atoms with Gasteiger partial charge in [0.2, 0.25) is 5.91 Å². The molecule has 2 rings (SSSR count). The topological polar surface area (TPSA) is 66.5 Å². The lowest BCUT2D eigenvalue weighted by atomic mass is 10.2. The molecule has 2 aromatic rings. The highest BCUT2D eigenvalue weighted by Gasteiger charge is 2.26. The van der Waals surface area contributed by atoms with Crippen molar-refractivity contribution in [2.24, 2.45) is 0 Å². The van der Waals surface area contributed by atoms with E-state index in [0.29, 0.717) is 12.2 Å². The Bertz CT molecular complexity index is 787. The van der Waals surface area contributed by atoms with Gasteiger partial charge in [-0.05, 0) is 37.6 Å². The molecule has 0 radical (unpaired) electrons. The number of aryl methyl sites for hydroxylation is 1. The maximum atomic E-state index is 13.0. The molecule has 0 atom stereocenters. The van der Waals surface area contributed by atoms with Crippen LogP contribution in [0, 0.1) is 6.92 Å². The molecule has 0 spiro atoms. The van der Waals surface area contributed by atoms with E-state index < -0.39 is 10.0 Å². The third-order valence-corrected chi connectivity index (χ3v) is 5.58. The number of hydrogen-bond donors (Lipinski definition) is 1. The Balaban J connectivity index is 2.32. The van der Waals surface area contributed by atoms with Crippen LogP contribution in [0.2, 0.25) is 0 Å². The summed E-state index contributed by atoms with van der Waals surface area (Å²) in [7, 11) is -3.82. The largest absolute Gasteiger partial charge is 0.355 e. The summed E-state index contributed by atoms with van der Waals surface area (Å²) in [5.74, 6) is -0.312. The van der Waals surface area contributed by atoms with Crippen LogP contribution in [-0.2, 0) is 14.8 Å². The minimum absolute atomic E-state index is 0.164. The van der Waals surface area contributed by atoms with E-state index in [0.717, 1.165) is 22.7 Å². The number of carbonyl (C=O) groups excluding carboxylic acids is 1. The minimum Gasteiger partial charge on any atom is -0.355 e. The fraction of sp³-hybridized carbons (Fsp3) is 0.316. The first-order chi connectivity index (χ1) is 11.9. The number of nitrogens with one attached hydrogen (secondary N) is 1. The van der Waals surface area contributed by atoms with Gasteiger partial charge in [0.25, 0.3) is 10.0 Å². The lowest BCUT2D eigenvalue weighted by molar-refractivity contribution is -0.119. The van der Waals surface area contributed by atoms with E-state index in [1.54, 1.807) is 30.3 Å². The third kappa shape index (κ3) is 5.06. The normalized spacial score (nSPS) is 11.1. The Kier molecular flexibility index (Phi) is 6.58. The Morgan fingerprint density at radius 3 is 2.28 bits per heavy atom. The van der Waals surface area contributed by atoms with Gasteiger partial charge in [0, 0.05) is 6.54 Å². The second-order valence-corrected chi connectivity index (χ2v) is 7.73. The summed E-state index contributed by atoms with van der Waals surface area (Å²) >= 11 is 0. The van der Waals surface area contributed by atoms with Crippen molar-refractivity contribution >= 4 is 21.6 Å². The maximum Gasteiger partial charge on any atom is 0.264 e. The van der Waals surface area contributed by atoms with E-state index in [9.17, 15) is 13.2 Å². The van der Waals surface area contributed by atoms with Gasteiger partial charge < -0.3 is 5.32 Å². The summed E-state index contributed by atoms with van der Waals surface area (Å²) in [6.45, 7) is 4.26. The Morgan fingerprint density at radius 1 is 1.04 bits per heavy atom. The van der Waals surface area contributed by atoms with Crippen molar-refractivity contribution in [2.45, 2.75) is 31.6 Å². The molecular formula is C19H24N2O3S. The fourth-order valence-electron chi connectivity index (χ4n) is 2.34. The molecule has 0 aliphatic carbocycles. The number of sulfonamides is 1. The van der Waals surface area contributed by atoms with Crippen molar-refractivity contribution in [1.82, 2.24) is 5.32 Å². The summed E-state index contributed by atoms with van der Waals surface area (Å²) in [5, 5.41) is 2.77. The third-order valence-electron chi connectivity index (χ3n) is 3.79. The number of amides is 1. The van der Waals surface area contributed by atoms with Crippen molar-refractivity contribution in [3.63, 3.8) is 0 Å². The molecule has 0 fully saturated rings. The molecule has 1 N–H and O–H groups in total. The number of anilines is 1. The Hall–Kier alpha value is -2.34. The summed E-state index contributed by atoms with van der Waals surface area (Å²) < 4.78 is 27.2.